The molecule has 4 nitrogen and oxygen atoms in total. The third kappa shape index (κ3) is 4.26. The lowest BCUT2D eigenvalue weighted by Gasteiger charge is -2.33. The highest BCUT2D eigenvalue weighted by atomic mass is 32.1. The maximum absolute atomic E-state index is 12.6. The van der Waals surface area contributed by atoms with Crippen LogP contribution in [0.15, 0.2) is 53.9 Å². The molecule has 0 radical (unpaired) electrons. The Morgan fingerprint density at radius 1 is 1.11 bits per heavy atom. The van der Waals surface area contributed by atoms with Crippen molar-refractivity contribution in [3.05, 3.63) is 70.2 Å². The van der Waals surface area contributed by atoms with Gasteiger partial charge in [0.05, 0.1) is 10.7 Å². The van der Waals surface area contributed by atoms with Gasteiger partial charge < -0.3 is 4.90 Å². The summed E-state index contributed by atoms with van der Waals surface area (Å²) < 4.78 is 0. The SMILES string of the molecule is Cc1nc(CN2CCN(C(=O)/C=C/c3cccc4ccccc34)CC2)cs1. The molecule has 4 rings (SSSR count). The molecule has 1 aliphatic heterocycles. The van der Waals surface area contributed by atoms with Crippen LogP contribution in [0.2, 0.25) is 0 Å². The van der Waals surface area contributed by atoms with Gasteiger partial charge in [0.15, 0.2) is 0 Å². The molecule has 0 spiro atoms. The molecule has 27 heavy (non-hydrogen) atoms. The fourth-order valence-corrected chi connectivity index (χ4v) is 4.10. The largest absolute Gasteiger partial charge is 0.337 e. The summed E-state index contributed by atoms with van der Waals surface area (Å²) in [6.45, 7) is 6.23. The maximum atomic E-state index is 12.6. The lowest BCUT2D eigenvalue weighted by molar-refractivity contribution is -0.127. The van der Waals surface area contributed by atoms with Gasteiger partial charge in [-0.2, -0.15) is 0 Å². The van der Waals surface area contributed by atoms with E-state index in [2.05, 4.69) is 39.5 Å². The molecule has 0 saturated carbocycles. The molecule has 2 heterocycles. The Balaban J connectivity index is 1.36. The van der Waals surface area contributed by atoms with E-state index in [-0.39, 0.29) is 5.91 Å². The Bertz CT molecular complexity index is 965. The molecule has 3 aromatic rings. The van der Waals surface area contributed by atoms with Gasteiger partial charge >= 0.3 is 0 Å². The van der Waals surface area contributed by atoms with E-state index in [1.165, 1.54) is 10.8 Å². The molecule has 0 bridgehead atoms. The van der Waals surface area contributed by atoms with Crippen LogP contribution < -0.4 is 0 Å². The minimum absolute atomic E-state index is 0.0899. The van der Waals surface area contributed by atoms with Crippen LogP contribution in [0.4, 0.5) is 0 Å². The second-order valence-electron chi connectivity index (χ2n) is 6.86. The van der Waals surface area contributed by atoms with Crippen LogP contribution in [0, 0.1) is 6.92 Å². The van der Waals surface area contributed by atoms with Crippen LogP contribution in [0.25, 0.3) is 16.8 Å². The number of carbonyl (C=O) groups is 1. The van der Waals surface area contributed by atoms with Crippen molar-refractivity contribution in [2.45, 2.75) is 13.5 Å². The number of aryl methyl sites for hydroxylation is 1. The fourth-order valence-electron chi connectivity index (χ4n) is 3.50. The van der Waals surface area contributed by atoms with Gasteiger partial charge in [0.25, 0.3) is 0 Å². The zero-order chi connectivity index (χ0) is 18.6. The van der Waals surface area contributed by atoms with Crippen molar-refractivity contribution in [3.8, 4) is 0 Å². The molecule has 1 fully saturated rings. The number of benzene rings is 2. The summed E-state index contributed by atoms with van der Waals surface area (Å²) in [7, 11) is 0. The van der Waals surface area contributed by atoms with Crippen LogP contribution in [0.3, 0.4) is 0 Å². The summed E-state index contributed by atoms with van der Waals surface area (Å²) in [6, 6.07) is 14.4. The van der Waals surface area contributed by atoms with E-state index in [0.717, 1.165) is 49.0 Å². The van der Waals surface area contributed by atoms with Gasteiger partial charge in [-0.05, 0) is 29.3 Å². The summed E-state index contributed by atoms with van der Waals surface area (Å²) in [4.78, 5) is 21.4. The Labute approximate surface area is 163 Å². The van der Waals surface area contributed by atoms with Crippen molar-refractivity contribution in [1.29, 1.82) is 0 Å². The molecule has 1 amide bonds. The first-order chi connectivity index (χ1) is 13.2. The van der Waals surface area contributed by atoms with Crippen molar-refractivity contribution in [2.24, 2.45) is 0 Å². The average molecular weight is 378 g/mol. The van der Waals surface area contributed by atoms with Gasteiger partial charge in [-0.3, -0.25) is 9.69 Å². The maximum Gasteiger partial charge on any atom is 0.246 e. The number of carbonyl (C=O) groups excluding carboxylic acids is 1. The summed E-state index contributed by atoms with van der Waals surface area (Å²) in [5.74, 6) is 0.0899. The number of hydrogen-bond acceptors (Lipinski definition) is 4. The molecule has 1 aliphatic rings. The van der Waals surface area contributed by atoms with Gasteiger partial charge in [-0.25, -0.2) is 4.98 Å². The molecule has 0 N–H and O–H groups in total. The van der Waals surface area contributed by atoms with E-state index in [0.29, 0.717) is 0 Å². The van der Waals surface area contributed by atoms with Gasteiger partial charge in [0, 0.05) is 44.2 Å². The molecule has 1 aromatic heterocycles. The van der Waals surface area contributed by atoms with Crippen LogP contribution in [0.5, 0.6) is 0 Å². The van der Waals surface area contributed by atoms with Crippen LogP contribution >= 0.6 is 11.3 Å². The minimum atomic E-state index is 0.0899. The van der Waals surface area contributed by atoms with Gasteiger partial charge in [-0.1, -0.05) is 42.5 Å². The molecular formula is C22H23N3OS. The van der Waals surface area contributed by atoms with E-state index in [1.54, 1.807) is 17.4 Å². The van der Waals surface area contributed by atoms with Crippen molar-refractivity contribution in [2.75, 3.05) is 26.2 Å². The zero-order valence-electron chi connectivity index (χ0n) is 15.5. The van der Waals surface area contributed by atoms with E-state index < -0.39 is 0 Å². The zero-order valence-corrected chi connectivity index (χ0v) is 16.3. The van der Waals surface area contributed by atoms with E-state index in [1.807, 2.05) is 36.1 Å². The summed E-state index contributed by atoms with van der Waals surface area (Å²) in [6.07, 6.45) is 3.65. The van der Waals surface area contributed by atoms with Gasteiger partial charge in [0.2, 0.25) is 5.91 Å². The lowest BCUT2D eigenvalue weighted by Crippen LogP contribution is -2.47. The lowest BCUT2D eigenvalue weighted by atomic mass is 10.0. The minimum Gasteiger partial charge on any atom is -0.337 e. The normalized spacial score (nSPS) is 15.7. The molecule has 2 aromatic carbocycles. The number of hydrogen-bond donors (Lipinski definition) is 0. The predicted octanol–water partition coefficient (Wildman–Crippen LogP) is 3.96. The fraction of sp³-hybridized carbons (Fsp3) is 0.273. The van der Waals surface area contributed by atoms with Crippen LogP contribution in [-0.4, -0.2) is 46.9 Å². The van der Waals surface area contributed by atoms with Crippen LogP contribution in [0.1, 0.15) is 16.3 Å². The first kappa shape index (κ1) is 17.9. The third-order valence-electron chi connectivity index (χ3n) is 4.96. The van der Waals surface area contributed by atoms with Crippen molar-refractivity contribution in [1.82, 2.24) is 14.8 Å². The number of piperazine rings is 1. The molecular weight excluding hydrogens is 354 g/mol. The monoisotopic (exact) mass is 377 g/mol. The number of rotatable bonds is 4. The molecule has 0 aliphatic carbocycles. The van der Waals surface area contributed by atoms with Crippen LogP contribution in [-0.2, 0) is 11.3 Å². The topological polar surface area (TPSA) is 36.4 Å². The molecule has 0 atom stereocenters. The van der Waals surface area contributed by atoms with Crippen molar-refractivity contribution < 1.29 is 4.79 Å². The summed E-state index contributed by atoms with van der Waals surface area (Å²) in [5.41, 5.74) is 2.21. The van der Waals surface area contributed by atoms with Gasteiger partial charge in [0.1, 0.15) is 0 Å². The number of fused-ring (bicyclic) bond motifs is 1. The average Bonchev–Trinajstić information content (AvgIpc) is 3.11. The smallest absolute Gasteiger partial charge is 0.246 e. The standard InChI is InChI=1S/C22H23N3OS/c1-17-23-20(16-27-17)15-24-11-13-25(14-12-24)22(26)10-9-19-7-4-6-18-5-2-3-8-21(18)19/h2-10,16H,11-15H2,1H3/b10-9+. The predicted molar refractivity (Wildman–Crippen MR) is 112 cm³/mol. The second kappa shape index (κ2) is 8.03. The van der Waals surface area contributed by atoms with E-state index >= 15 is 0 Å². The second-order valence-corrected chi connectivity index (χ2v) is 7.92. The Morgan fingerprint density at radius 2 is 1.89 bits per heavy atom. The Morgan fingerprint density at radius 3 is 2.67 bits per heavy atom. The number of amides is 1. The Kier molecular flexibility index (Phi) is 5.32. The molecule has 0 unspecified atom stereocenters. The van der Waals surface area contributed by atoms with E-state index in [4.69, 9.17) is 0 Å². The van der Waals surface area contributed by atoms with Gasteiger partial charge in [-0.15, -0.1) is 11.3 Å². The number of thiazole rings is 1. The molecule has 1 saturated heterocycles. The third-order valence-corrected chi connectivity index (χ3v) is 5.79. The Hall–Kier alpha value is -2.50. The molecule has 138 valence electrons. The molecule has 5 heteroatoms. The highest BCUT2D eigenvalue weighted by molar-refractivity contribution is 7.09. The van der Waals surface area contributed by atoms with Crippen molar-refractivity contribution in [3.63, 3.8) is 0 Å². The quantitative estimate of drug-likeness (QED) is 0.646. The summed E-state index contributed by atoms with van der Waals surface area (Å²) in [5, 5.41) is 5.60. The van der Waals surface area contributed by atoms with E-state index in [9.17, 15) is 4.79 Å². The number of aromatic nitrogens is 1. The summed E-state index contributed by atoms with van der Waals surface area (Å²) >= 11 is 1.69. The first-order valence-corrected chi connectivity index (χ1v) is 10.1. The highest BCUT2D eigenvalue weighted by Gasteiger charge is 2.20. The highest BCUT2D eigenvalue weighted by Crippen LogP contribution is 2.20. The number of nitrogens with zero attached hydrogens (tertiary/aromatic N) is 3. The van der Waals surface area contributed by atoms with Crippen molar-refractivity contribution >= 4 is 34.1 Å². The first-order valence-electron chi connectivity index (χ1n) is 9.27.